The quantitative estimate of drug-likeness (QED) is 0.689. The van der Waals surface area contributed by atoms with Crippen LogP contribution in [0.15, 0.2) is 18.2 Å². The Hall–Kier alpha value is -2.24. The first-order valence-corrected chi connectivity index (χ1v) is 6.08. The first-order valence-electron chi connectivity index (χ1n) is 6.08. The van der Waals surface area contributed by atoms with Gasteiger partial charge in [0, 0.05) is 11.7 Å². The summed E-state index contributed by atoms with van der Waals surface area (Å²) in [7, 11) is 0. The molecule has 1 fully saturated rings. The van der Waals surface area contributed by atoms with Crippen molar-refractivity contribution in [1.82, 2.24) is 5.32 Å². The fourth-order valence-corrected chi connectivity index (χ4v) is 1.67. The molecule has 0 saturated heterocycles. The average molecular weight is 264 g/mol. The summed E-state index contributed by atoms with van der Waals surface area (Å²) in [4.78, 5) is 22.9. The van der Waals surface area contributed by atoms with Crippen LogP contribution in [-0.4, -0.2) is 29.1 Å². The largest absolute Gasteiger partial charge is 0.480 e. The maximum atomic E-state index is 11.7. The normalized spacial score (nSPS) is 15.6. The molecule has 1 amide bonds. The fraction of sp³-hybridized carbons (Fsp3) is 0.385. The summed E-state index contributed by atoms with van der Waals surface area (Å²) in [5, 5.41) is 11.9. The molecule has 1 unspecified atom stereocenters. The Morgan fingerprint density at radius 2 is 2.16 bits per heavy atom. The molecule has 1 atom stereocenters. The summed E-state index contributed by atoms with van der Waals surface area (Å²) in [5.41, 5.74) is 5.60. The van der Waals surface area contributed by atoms with Crippen LogP contribution in [0.1, 0.15) is 30.1 Å². The number of nitrogen functional groups attached to an aromatic ring is 1. The molecule has 19 heavy (non-hydrogen) atoms. The molecule has 1 aliphatic rings. The molecule has 0 aliphatic heterocycles. The molecule has 6 heteroatoms. The van der Waals surface area contributed by atoms with E-state index >= 15 is 0 Å². The predicted molar refractivity (Wildman–Crippen MR) is 69.1 cm³/mol. The molecular formula is C13H16N2O4. The summed E-state index contributed by atoms with van der Waals surface area (Å²) in [6.07, 6.45) is 1.20. The Morgan fingerprint density at radius 3 is 2.74 bits per heavy atom. The van der Waals surface area contributed by atoms with E-state index in [-0.39, 0.29) is 28.9 Å². The van der Waals surface area contributed by atoms with Crippen LogP contribution in [0.3, 0.4) is 0 Å². The Morgan fingerprint density at radius 1 is 1.47 bits per heavy atom. The van der Waals surface area contributed by atoms with E-state index in [1.54, 1.807) is 13.0 Å². The summed E-state index contributed by atoms with van der Waals surface area (Å²) < 4.78 is 5.41. The first-order chi connectivity index (χ1) is 8.99. The van der Waals surface area contributed by atoms with Gasteiger partial charge in [0.1, 0.15) is 11.3 Å². The first kappa shape index (κ1) is 13.2. The van der Waals surface area contributed by atoms with Crippen LogP contribution in [0.2, 0.25) is 0 Å². The number of aromatic carboxylic acids is 1. The molecule has 0 aromatic heterocycles. The number of hydrogen-bond donors (Lipinski definition) is 3. The lowest BCUT2D eigenvalue weighted by molar-refractivity contribution is -0.127. The second-order valence-corrected chi connectivity index (χ2v) is 4.57. The molecule has 2 rings (SSSR count). The number of carboxylic acid groups (broad SMARTS) is 1. The molecule has 0 spiro atoms. The van der Waals surface area contributed by atoms with Gasteiger partial charge in [-0.25, -0.2) is 4.79 Å². The van der Waals surface area contributed by atoms with Gasteiger partial charge in [-0.05, 0) is 31.9 Å². The average Bonchev–Trinajstić information content (AvgIpc) is 3.12. The third-order valence-electron chi connectivity index (χ3n) is 2.87. The highest BCUT2D eigenvalue weighted by atomic mass is 16.5. The van der Waals surface area contributed by atoms with E-state index in [4.69, 9.17) is 15.6 Å². The Labute approximate surface area is 110 Å². The minimum absolute atomic E-state index is 0.103. The Balaban J connectivity index is 2.11. The maximum absolute atomic E-state index is 11.7. The van der Waals surface area contributed by atoms with Gasteiger partial charge in [0.05, 0.1) is 0 Å². The van der Waals surface area contributed by atoms with Gasteiger partial charge in [-0.3, -0.25) is 4.79 Å². The minimum Gasteiger partial charge on any atom is -0.480 e. The van der Waals surface area contributed by atoms with Crippen molar-refractivity contribution < 1.29 is 19.4 Å². The molecule has 6 nitrogen and oxygen atoms in total. The van der Waals surface area contributed by atoms with E-state index in [2.05, 4.69) is 5.32 Å². The molecule has 102 valence electrons. The summed E-state index contributed by atoms with van der Waals surface area (Å²) in [6, 6.07) is 4.78. The van der Waals surface area contributed by atoms with Gasteiger partial charge in [-0.15, -0.1) is 0 Å². The highest BCUT2D eigenvalue weighted by Gasteiger charge is 2.27. The van der Waals surface area contributed by atoms with Crippen LogP contribution in [-0.2, 0) is 4.79 Å². The molecule has 0 bridgehead atoms. The molecule has 0 radical (unpaired) electrons. The third kappa shape index (κ3) is 3.15. The standard InChI is InChI=1S/C13H16N2O4/c1-7(12(16)15-8-5-6-8)19-10-4-2-3-9(14)11(10)13(17)18/h2-4,7-8H,5-6,14H2,1H3,(H,15,16)(H,17,18). The van der Waals surface area contributed by atoms with Gasteiger partial charge in [0.2, 0.25) is 0 Å². The fourth-order valence-electron chi connectivity index (χ4n) is 1.67. The summed E-state index contributed by atoms with van der Waals surface area (Å²) in [5.74, 6) is -1.32. The highest BCUT2D eigenvalue weighted by Crippen LogP contribution is 2.25. The van der Waals surface area contributed by atoms with E-state index in [9.17, 15) is 9.59 Å². The van der Waals surface area contributed by atoms with Crippen molar-refractivity contribution in [3.63, 3.8) is 0 Å². The lowest BCUT2D eigenvalue weighted by Gasteiger charge is -2.16. The zero-order chi connectivity index (χ0) is 14.0. The van der Waals surface area contributed by atoms with E-state index in [1.807, 2.05) is 0 Å². The number of hydrogen-bond acceptors (Lipinski definition) is 4. The van der Waals surface area contributed by atoms with Crippen molar-refractivity contribution >= 4 is 17.6 Å². The van der Waals surface area contributed by atoms with Gasteiger partial charge in [0.15, 0.2) is 6.10 Å². The number of rotatable bonds is 5. The SMILES string of the molecule is CC(Oc1cccc(N)c1C(=O)O)C(=O)NC1CC1. The van der Waals surface area contributed by atoms with E-state index in [0.717, 1.165) is 12.8 Å². The van der Waals surface area contributed by atoms with Crippen molar-refractivity contribution in [1.29, 1.82) is 0 Å². The van der Waals surface area contributed by atoms with Crippen molar-refractivity contribution in [3.8, 4) is 5.75 Å². The number of amides is 1. The van der Waals surface area contributed by atoms with E-state index in [1.165, 1.54) is 12.1 Å². The second-order valence-electron chi connectivity index (χ2n) is 4.57. The molecular weight excluding hydrogens is 248 g/mol. The molecule has 1 aromatic rings. The van der Waals surface area contributed by atoms with Gasteiger partial charge < -0.3 is 20.9 Å². The maximum Gasteiger partial charge on any atom is 0.341 e. The van der Waals surface area contributed by atoms with E-state index in [0.29, 0.717) is 0 Å². The van der Waals surface area contributed by atoms with Crippen molar-refractivity contribution in [2.45, 2.75) is 31.9 Å². The molecule has 1 aliphatic carbocycles. The summed E-state index contributed by atoms with van der Waals surface area (Å²) in [6.45, 7) is 1.58. The molecule has 1 aromatic carbocycles. The second kappa shape index (κ2) is 5.17. The van der Waals surface area contributed by atoms with E-state index < -0.39 is 12.1 Å². The van der Waals surface area contributed by atoms with Crippen LogP contribution in [0.5, 0.6) is 5.75 Å². The van der Waals surface area contributed by atoms with Crippen LogP contribution in [0, 0.1) is 0 Å². The van der Waals surface area contributed by atoms with Crippen molar-refractivity contribution in [2.24, 2.45) is 0 Å². The molecule has 4 N–H and O–H groups in total. The van der Waals surface area contributed by atoms with Crippen LogP contribution < -0.4 is 15.8 Å². The lowest BCUT2D eigenvalue weighted by Crippen LogP contribution is -2.37. The predicted octanol–water partition coefficient (Wildman–Crippen LogP) is 1.01. The Kier molecular flexibility index (Phi) is 3.59. The van der Waals surface area contributed by atoms with Crippen LogP contribution >= 0.6 is 0 Å². The summed E-state index contributed by atoms with van der Waals surface area (Å²) >= 11 is 0. The zero-order valence-corrected chi connectivity index (χ0v) is 10.6. The third-order valence-corrected chi connectivity index (χ3v) is 2.87. The number of anilines is 1. The number of carbonyl (C=O) groups is 2. The van der Waals surface area contributed by atoms with Crippen LogP contribution in [0.25, 0.3) is 0 Å². The van der Waals surface area contributed by atoms with Gasteiger partial charge >= 0.3 is 5.97 Å². The number of nitrogens with one attached hydrogen (secondary N) is 1. The molecule has 1 saturated carbocycles. The van der Waals surface area contributed by atoms with Gasteiger partial charge in [-0.2, -0.15) is 0 Å². The number of nitrogens with two attached hydrogens (primary N) is 1. The zero-order valence-electron chi connectivity index (χ0n) is 10.6. The number of ether oxygens (including phenoxy) is 1. The topological polar surface area (TPSA) is 102 Å². The minimum atomic E-state index is -1.18. The Bertz CT molecular complexity index is 511. The van der Waals surface area contributed by atoms with Crippen molar-refractivity contribution in [2.75, 3.05) is 5.73 Å². The van der Waals surface area contributed by atoms with Crippen molar-refractivity contribution in [3.05, 3.63) is 23.8 Å². The highest BCUT2D eigenvalue weighted by molar-refractivity contribution is 5.97. The van der Waals surface area contributed by atoms with Gasteiger partial charge in [-0.1, -0.05) is 6.07 Å². The smallest absolute Gasteiger partial charge is 0.341 e. The number of benzene rings is 1. The number of carboxylic acids is 1. The van der Waals surface area contributed by atoms with Gasteiger partial charge in [0.25, 0.3) is 5.91 Å². The number of carbonyl (C=O) groups excluding carboxylic acids is 1. The molecule has 0 heterocycles. The monoisotopic (exact) mass is 264 g/mol. The lowest BCUT2D eigenvalue weighted by atomic mass is 10.1. The van der Waals surface area contributed by atoms with Crippen LogP contribution in [0.4, 0.5) is 5.69 Å².